The molecule has 3 aromatic rings. The minimum absolute atomic E-state index is 1.01. The maximum Gasteiger partial charge on any atom is 0.0706 e. The van der Waals surface area contributed by atoms with E-state index in [9.17, 15) is 0 Å². The van der Waals surface area contributed by atoms with Crippen LogP contribution in [0.5, 0.6) is 0 Å². The molecule has 18 heavy (non-hydrogen) atoms. The highest BCUT2D eigenvalue weighted by atomic mass is 14.9. The van der Waals surface area contributed by atoms with Crippen molar-refractivity contribution in [3.8, 4) is 0 Å². The second kappa shape index (κ2) is 4.49. The Morgan fingerprint density at radius 1 is 0.889 bits per heavy atom. The number of benzene rings is 2. The van der Waals surface area contributed by atoms with Crippen LogP contribution in [0.25, 0.3) is 10.9 Å². The van der Waals surface area contributed by atoms with Crippen molar-refractivity contribution >= 4 is 22.3 Å². The zero-order valence-electron chi connectivity index (χ0n) is 10.2. The van der Waals surface area contributed by atoms with E-state index in [1.165, 1.54) is 0 Å². The Kier molecular flexibility index (Phi) is 2.69. The molecule has 0 saturated heterocycles. The lowest BCUT2D eigenvalue weighted by Gasteiger charge is -2.10. The van der Waals surface area contributed by atoms with Crippen molar-refractivity contribution in [1.82, 2.24) is 4.98 Å². The molecule has 0 aliphatic rings. The molecule has 1 N–H and O–H groups in total. The van der Waals surface area contributed by atoms with Crippen LogP contribution in [0.15, 0.2) is 60.7 Å². The number of nitrogens with one attached hydrogen (secondary N) is 1. The Morgan fingerprint density at radius 3 is 2.44 bits per heavy atom. The lowest BCUT2D eigenvalue weighted by Crippen LogP contribution is -1.95. The largest absolute Gasteiger partial charge is 0.354 e. The molecular formula is C16H14N2. The van der Waals surface area contributed by atoms with Crippen LogP contribution in [0.3, 0.4) is 0 Å². The lowest BCUT2D eigenvalue weighted by molar-refractivity contribution is 1.25. The highest BCUT2D eigenvalue weighted by Gasteiger charge is 2.02. The van der Waals surface area contributed by atoms with Crippen molar-refractivity contribution in [2.45, 2.75) is 6.92 Å². The number of hydrogen-bond acceptors (Lipinski definition) is 2. The van der Waals surface area contributed by atoms with E-state index in [0.29, 0.717) is 0 Å². The lowest BCUT2D eigenvalue weighted by atomic mass is 10.1. The second-order valence-electron chi connectivity index (χ2n) is 4.31. The van der Waals surface area contributed by atoms with Gasteiger partial charge in [0.1, 0.15) is 0 Å². The number of pyridine rings is 1. The summed E-state index contributed by atoms with van der Waals surface area (Å²) in [6.45, 7) is 2.03. The Morgan fingerprint density at radius 2 is 1.61 bits per heavy atom. The van der Waals surface area contributed by atoms with Crippen LogP contribution in [-0.4, -0.2) is 4.98 Å². The van der Waals surface area contributed by atoms with Gasteiger partial charge >= 0.3 is 0 Å². The predicted octanol–water partition coefficient (Wildman–Crippen LogP) is 4.29. The molecule has 0 amide bonds. The Bertz CT molecular complexity index is 675. The van der Waals surface area contributed by atoms with Gasteiger partial charge in [-0.15, -0.1) is 0 Å². The normalized spacial score (nSPS) is 10.5. The van der Waals surface area contributed by atoms with Crippen LogP contribution >= 0.6 is 0 Å². The molecule has 0 atom stereocenters. The summed E-state index contributed by atoms with van der Waals surface area (Å²) in [6.07, 6.45) is 0. The van der Waals surface area contributed by atoms with E-state index in [0.717, 1.165) is 28.0 Å². The molecule has 2 heteroatoms. The summed E-state index contributed by atoms with van der Waals surface area (Å²) in [5.41, 5.74) is 4.18. The molecule has 0 saturated carbocycles. The number of aromatic nitrogens is 1. The first-order chi connectivity index (χ1) is 8.83. The van der Waals surface area contributed by atoms with E-state index in [4.69, 9.17) is 0 Å². The van der Waals surface area contributed by atoms with Crippen LogP contribution < -0.4 is 5.32 Å². The van der Waals surface area contributed by atoms with Crippen LogP contribution in [0.2, 0.25) is 0 Å². The highest BCUT2D eigenvalue weighted by molar-refractivity contribution is 5.83. The first-order valence-electron chi connectivity index (χ1n) is 6.01. The van der Waals surface area contributed by atoms with Crippen LogP contribution in [0, 0.1) is 6.92 Å². The molecule has 0 fully saturated rings. The third-order valence-electron chi connectivity index (χ3n) is 2.97. The fraction of sp³-hybridized carbons (Fsp3) is 0.0625. The van der Waals surface area contributed by atoms with Crippen molar-refractivity contribution in [2.24, 2.45) is 0 Å². The zero-order chi connectivity index (χ0) is 12.4. The third-order valence-corrected chi connectivity index (χ3v) is 2.97. The van der Waals surface area contributed by atoms with Gasteiger partial charge in [0.05, 0.1) is 16.9 Å². The molecule has 0 unspecified atom stereocenters. The van der Waals surface area contributed by atoms with E-state index in [2.05, 4.69) is 34.6 Å². The van der Waals surface area contributed by atoms with E-state index < -0.39 is 0 Å². The third kappa shape index (κ3) is 2.05. The monoisotopic (exact) mass is 234 g/mol. The number of para-hydroxylation sites is 2. The summed E-state index contributed by atoms with van der Waals surface area (Å²) in [6, 6.07) is 20.5. The van der Waals surface area contributed by atoms with Crippen molar-refractivity contribution in [1.29, 1.82) is 0 Å². The first kappa shape index (κ1) is 10.8. The van der Waals surface area contributed by atoms with Gasteiger partial charge < -0.3 is 5.32 Å². The molecule has 0 aliphatic carbocycles. The van der Waals surface area contributed by atoms with Gasteiger partial charge in [-0.3, -0.25) is 4.98 Å². The van der Waals surface area contributed by atoms with E-state index in [1.807, 2.05) is 43.3 Å². The molecule has 0 bridgehead atoms. The van der Waals surface area contributed by atoms with Crippen molar-refractivity contribution in [3.05, 3.63) is 66.4 Å². The summed E-state index contributed by atoms with van der Waals surface area (Å²) in [4.78, 5) is 4.61. The number of fused-ring (bicyclic) bond motifs is 1. The van der Waals surface area contributed by atoms with Crippen molar-refractivity contribution in [3.63, 3.8) is 0 Å². The molecule has 88 valence electrons. The number of aryl methyl sites for hydroxylation is 1. The molecule has 1 heterocycles. The van der Waals surface area contributed by atoms with Gasteiger partial charge in [0.2, 0.25) is 0 Å². The minimum atomic E-state index is 1.01. The number of rotatable bonds is 2. The Balaban J connectivity index is 2.04. The van der Waals surface area contributed by atoms with Crippen LogP contribution in [0.1, 0.15) is 5.69 Å². The Labute approximate surface area is 106 Å². The number of nitrogens with zero attached hydrogens (tertiary/aromatic N) is 1. The van der Waals surface area contributed by atoms with E-state index in [-0.39, 0.29) is 0 Å². The SMILES string of the molecule is Cc1nc2ccccc2cc1Nc1ccccc1. The summed E-state index contributed by atoms with van der Waals surface area (Å²) in [5.74, 6) is 0. The Hall–Kier alpha value is -2.35. The summed E-state index contributed by atoms with van der Waals surface area (Å²) in [5, 5.41) is 4.56. The summed E-state index contributed by atoms with van der Waals surface area (Å²) >= 11 is 0. The molecule has 1 aromatic heterocycles. The molecule has 2 nitrogen and oxygen atoms in total. The van der Waals surface area contributed by atoms with Gasteiger partial charge in [0.25, 0.3) is 0 Å². The summed E-state index contributed by atoms with van der Waals surface area (Å²) in [7, 11) is 0. The van der Waals surface area contributed by atoms with E-state index in [1.54, 1.807) is 0 Å². The van der Waals surface area contributed by atoms with Gasteiger partial charge in [-0.25, -0.2) is 0 Å². The molecule has 2 aromatic carbocycles. The average Bonchev–Trinajstić information content (AvgIpc) is 2.41. The predicted molar refractivity (Wildman–Crippen MR) is 76.2 cm³/mol. The fourth-order valence-electron chi connectivity index (χ4n) is 2.02. The average molecular weight is 234 g/mol. The molecule has 0 aliphatic heterocycles. The summed E-state index contributed by atoms with van der Waals surface area (Å²) < 4.78 is 0. The number of hydrogen-bond donors (Lipinski definition) is 1. The van der Waals surface area contributed by atoms with Crippen LogP contribution in [-0.2, 0) is 0 Å². The van der Waals surface area contributed by atoms with Gasteiger partial charge in [0.15, 0.2) is 0 Å². The van der Waals surface area contributed by atoms with Crippen molar-refractivity contribution < 1.29 is 0 Å². The fourth-order valence-corrected chi connectivity index (χ4v) is 2.02. The van der Waals surface area contributed by atoms with Gasteiger partial charge in [-0.05, 0) is 31.2 Å². The van der Waals surface area contributed by atoms with Gasteiger partial charge in [-0.1, -0.05) is 36.4 Å². The second-order valence-corrected chi connectivity index (χ2v) is 4.31. The standard InChI is InChI=1S/C16H14N2/c1-12-16(18-14-8-3-2-4-9-14)11-13-7-5-6-10-15(13)17-12/h2-11,18H,1H3. The molecule has 3 rings (SSSR count). The smallest absolute Gasteiger partial charge is 0.0706 e. The van der Waals surface area contributed by atoms with E-state index >= 15 is 0 Å². The van der Waals surface area contributed by atoms with Gasteiger partial charge in [0, 0.05) is 11.1 Å². The molecular weight excluding hydrogens is 220 g/mol. The molecule has 0 spiro atoms. The molecule has 0 radical (unpaired) electrons. The maximum atomic E-state index is 4.61. The van der Waals surface area contributed by atoms with Crippen LogP contribution in [0.4, 0.5) is 11.4 Å². The number of anilines is 2. The van der Waals surface area contributed by atoms with Crippen molar-refractivity contribution in [2.75, 3.05) is 5.32 Å². The first-order valence-corrected chi connectivity index (χ1v) is 6.01. The quantitative estimate of drug-likeness (QED) is 0.715. The zero-order valence-corrected chi connectivity index (χ0v) is 10.2. The van der Waals surface area contributed by atoms with Gasteiger partial charge in [-0.2, -0.15) is 0 Å². The topological polar surface area (TPSA) is 24.9 Å². The highest BCUT2D eigenvalue weighted by Crippen LogP contribution is 2.23. The maximum absolute atomic E-state index is 4.61. The minimum Gasteiger partial charge on any atom is -0.354 e.